The highest BCUT2D eigenvalue weighted by Crippen LogP contribution is 2.17. The summed E-state index contributed by atoms with van der Waals surface area (Å²) in [6, 6.07) is 15.0. The number of esters is 1. The van der Waals surface area contributed by atoms with Gasteiger partial charge in [-0.1, -0.05) is 18.2 Å². The molecule has 7 nitrogen and oxygen atoms in total. The van der Waals surface area contributed by atoms with Crippen LogP contribution in [0, 0.1) is 10.1 Å². The third-order valence-corrected chi connectivity index (χ3v) is 4.40. The Kier molecular flexibility index (Phi) is 7.63. The first-order valence-electron chi connectivity index (χ1n) is 7.92. The van der Waals surface area contributed by atoms with Crippen molar-refractivity contribution in [2.45, 2.75) is 11.3 Å². The van der Waals surface area contributed by atoms with Crippen LogP contribution in [-0.4, -0.2) is 35.7 Å². The second-order valence-corrected chi connectivity index (χ2v) is 6.41. The van der Waals surface area contributed by atoms with Gasteiger partial charge in [-0.2, -0.15) is 0 Å². The molecule has 1 N–H and O–H groups in total. The molecule has 0 saturated heterocycles. The number of non-ortho nitro benzene ring substituents is 1. The molecule has 0 aliphatic rings. The van der Waals surface area contributed by atoms with E-state index in [0.717, 1.165) is 12.2 Å². The molecule has 8 heteroatoms. The monoisotopic (exact) mass is 374 g/mol. The summed E-state index contributed by atoms with van der Waals surface area (Å²) >= 11 is 1.71. The largest absolute Gasteiger partial charge is 0.452 e. The molecule has 2 aromatic carbocycles. The average Bonchev–Trinajstić information content (AvgIpc) is 2.66. The van der Waals surface area contributed by atoms with Gasteiger partial charge in [0, 0.05) is 23.6 Å². The van der Waals surface area contributed by atoms with E-state index in [2.05, 4.69) is 5.32 Å². The maximum absolute atomic E-state index is 11.8. The zero-order valence-electron chi connectivity index (χ0n) is 13.9. The van der Waals surface area contributed by atoms with Crippen LogP contribution in [0.5, 0.6) is 0 Å². The van der Waals surface area contributed by atoms with E-state index in [1.165, 1.54) is 29.2 Å². The number of hydrogen-bond donors (Lipinski definition) is 1. The van der Waals surface area contributed by atoms with Crippen molar-refractivity contribution in [2.24, 2.45) is 0 Å². The van der Waals surface area contributed by atoms with Crippen LogP contribution < -0.4 is 5.32 Å². The van der Waals surface area contributed by atoms with Crippen molar-refractivity contribution in [3.05, 3.63) is 70.3 Å². The van der Waals surface area contributed by atoms with Crippen LogP contribution in [0.1, 0.15) is 16.8 Å². The summed E-state index contributed by atoms with van der Waals surface area (Å²) in [4.78, 5) is 34.6. The number of nitro benzene ring substituents is 1. The lowest BCUT2D eigenvalue weighted by Crippen LogP contribution is -2.29. The Bertz CT molecular complexity index is 750. The molecule has 136 valence electrons. The number of nitrogens with zero attached hydrogens (tertiary/aromatic N) is 1. The lowest BCUT2D eigenvalue weighted by atomic mass is 10.2. The lowest BCUT2D eigenvalue weighted by Gasteiger charge is -2.07. The normalized spacial score (nSPS) is 10.2. The molecule has 0 aromatic heterocycles. The Morgan fingerprint density at radius 2 is 1.77 bits per heavy atom. The number of rotatable bonds is 9. The number of nitrogens with one attached hydrogen (secondary N) is 1. The van der Waals surface area contributed by atoms with Gasteiger partial charge in [-0.15, -0.1) is 11.8 Å². The fourth-order valence-electron chi connectivity index (χ4n) is 1.99. The van der Waals surface area contributed by atoms with Gasteiger partial charge in [-0.3, -0.25) is 14.9 Å². The summed E-state index contributed by atoms with van der Waals surface area (Å²) in [5.74, 6) is -0.216. The predicted molar refractivity (Wildman–Crippen MR) is 98.2 cm³/mol. The smallest absolute Gasteiger partial charge is 0.338 e. The minimum Gasteiger partial charge on any atom is -0.452 e. The maximum Gasteiger partial charge on any atom is 0.338 e. The number of benzene rings is 2. The molecule has 0 fully saturated rings. The molecular weight excluding hydrogens is 356 g/mol. The van der Waals surface area contributed by atoms with Crippen LogP contribution >= 0.6 is 11.8 Å². The Morgan fingerprint density at radius 1 is 1.08 bits per heavy atom. The van der Waals surface area contributed by atoms with E-state index in [0.29, 0.717) is 6.54 Å². The SMILES string of the molecule is O=C(COC(=O)c1ccc([N+](=O)[O-])cc1)NCCCSc1ccccc1. The van der Waals surface area contributed by atoms with Gasteiger partial charge in [-0.25, -0.2) is 4.79 Å². The quantitative estimate of drug-likeness (QED) is 0.238. The molecular formula is C18H18N2O5S. The number of ether oxygens (including phenoxy) is 1. The van der Waals surface area contributed by atoms with Gasteiger partial charge in [-0.05, 0) is 36.4 Å². The molecule has 1 amide bonds. The van der Waals surface area contributed by atoms with Crippen LogP contribution in [0.4, 0.5) is 5.69 Å². The second-order valence-electron chi connectivity index (χ2n) is 5.25. The van der Waals surface area contributed by atoms with Gasteiger partial charge >= 0.3 is 5.97 Å². The highest BCUT2D eigenvalue weighted by Gasteiger charge is 2.12. The Balaban J connectivity index is 1.62. The number of nitro groups is 1. The van der Waals surface area contributed by atoms with Crippen molar-refractivity contribution in [3.63, 3.8) is 0 Å². The first-order valence-corrected chi connectivity index (χ1v) is 8.91. The zero-order chi connectivity index (χ0) is 18.8. The van der Waals surface area contributed by atoms with E-state index < -0.39 is 10.9 Å². The molecule has 0 bridgehead atoms. The van der Waals surface area contributed by atoms with Gasteiger partial charge in [0.15, 0.2) is 6.61 Å². The van der Waals surface area contributed by atoms with Crippen LogP contribution in [0.25, 0.3) is 0 Å². The predicted octanol–water partition coefficient (Wildman–Crippen LogP) is 3.05. The van der Waals surface area contributed by atoms with Crippen LogP contribution in [0.15, 0.2) is 59.5 Å². The number of carbonyl (C=O) groups is 2. The summed E-state index contributed by atoms with van der Waals surface area (Å²) in [7, 11) is 0. The molecule has 0 aliphatic heterocycles. The van der Waals surface area contributed by atoms with E-state index in [9.17, 15) is 19.7 Å². The first-order chi connectivity index (χ1) is 12.6. The molecule has 0 heterocycles. The zero-order valence-corrected chi connectivity index (χ0v) is 14.7. The van der Waals surface area contributed by atoms with Gasteiger partial charge in [0.05, 0.1) is 10.5 Å². The minimum atomic E-state index is -0.699. The van der Waals surface area contributed by atoms with Crippen molar-refractivity contribution in [1.29, 1.82) is 0 Å². The Labute approximate surface area is 154 Å². The van der Waals surface area contributed by atoms with E-state index in [-0.39, 0.29) is 23.8 Å². The molecule has 0 radical (unpaired) electrons. The van der Waals surface area contributed by atoms with Crippen LogP contribution in [0.2, 0.25) is 0 Å². The lowest BCUT2D eigenvalue weighted by molar-refractivity contribution is -0.384. The van der Waals surface area contributed by atoms with Crippen LogP contribution in [-0.2, 0) is 9.53 Å². The number of hydrogen-bond acceptors (Lipinski definition) is 6. The molecule has 2 rings (SSSR count). The van der Waals surface area contributed by atoms with Crippen molar-refractivity contribution in [3.8, 4) is 0 Å². The van der Waals surface area contributed by atoms with Crippen LogP contribution in [0.3, 0.4) is 0 Å². The molecule has 0 aliphatic carbocycles. The second kappa shape index (κ2) is 10.2. The maximum atomic E-state index is 11.8. The standard InChI is InChI=1S/C18H18N2O5S/c21-17(19-11-4-12-26-16-5-2-1-3-6-16)13-25-18(22)14-7-9-15(10-8-14)20(23)24/h1-3,5-10H,4,11-13H2,(H,19,21). The van der Waals surface area contributed by atoms with Crippen molar-refractivity contribution < 1.29 is 19.2 Å². The fourth-order valence-corrected chi connectivity index (χ4v) is 2.87. The first kappa shape index (κ1) is 19.5. The summed E-state index contributed by atoms with van der Waals surface area (Å²) in [6.07, 6.45) is 0.793. The molecule has 0 atom stereocenters. The molecule has 0 saturated carbocycles. The van der Waals surface area contributed by atoms with Gasteiger partial charge < -0.3 is 10.1 Å². The number of carbonyl (C=O) groups excluding carboxylic acids is 2. The fraction of sp³-hybridized carbons (Fsp3) is 0.222. The minimum absolute atomic E-state index is 0.118. The molecule has 2 aromatic rings. The third-order valence-electron chi connectivity index (χ3n) is 3.30. The number of thioether (sulfide) groups is 1. The van der Waals surface area contributed by atoms with Crippen molar-refractivity contribution in [2.75, 3.05) is 18.9 Å². The topological polar surface area (TPSA) is 98.5 Å². The van der Waals surface area contributed by atoms with E-state index in [4.69, 9.17) is 4.74 Å². The number of amides is 1. The van der Waals surface area contributed by atoms with Crippen molar-refractivity contribution >= 4 is 29.3 Å². The Morgan fingerprint density at radius 3 is 2.42 bits per heavy atom. The third kappa shape index (κ3) is 6.56. The highest BCUT2D eigenvalue weighted by molar-refractivity contribution is 7.99. The van der Waals surface area contributed by atoms with E-state index >= 15 is 0 Å². The van der Waals surface area contributed by atoms with Gasteiger partial charge in [0.1, 0.15) is 0 Å². The van der Waals surface area contributed by atoms with Crippen molar-refractivity contribution in [1.82, 2.24) is 5.32 Å². The molecule has 26 heavy (non-hydrogen) atoms. The summed E-state index contributed by atoms with van der Waals surface area (Å²) in [6.45, 7) is 0.107. The highest BCUT2D eigenvalue weighted by atomic mass is 32.2. The van der Waals surface area contributed by atoms with E-state index in [1.807, 2.05) is 30.3 Å². The van der Waals surface area contributed by atoms with Gasteiger partial charge in [0.2, 0.25) is 0 Å². The molecule has 0 unspecified atom stereocenters. The summed E-state index contributed by atoms with van der Waals surface area (Å²) < 4.78 is 4.89. The Hall–Kier alpha value is -2.87. The summed E-state index contributed by atoms with van der Waals surface area (Å²) in [5.41, 5.74) is 0.0373. The van der Waals surface area contributed by atoms with E-state index in [1.54, 1.807) is 11.8 Å². The van der Waals surface area contributed by atoms with Gasteiger partial charge in [0.25, 0.3) is 11.6 Å². The summed E-state index contributed by atoms with van der Waals surface area (Å²) in [5, 5.41) is 13.2. The molecule has 0 spiro atoms. The average molecular weight is 374 g/mol.